The number of nitrogens with zero attached hydrogens (tertiary/aromatic N) is 2. The van der Waals surface area contributed by atoms with E-state index in [1.54, 1.807) is 13.3 Å². The molecular formula is C17H15N3O2S. The van der Waals surface area contributed by atoms with Gasteiger partial charge in [0.05, 0.1) is 24.6 Å². The zero-order valence-corrected chi connectivity index (χ0v) is 13.3. The van der Waals surface area contributed by atoms with E-state index in [2.05, 4.69) is 14.9 Å². The quantitative estimate of drug-likeness (QED) is 0.781. The molecule has 0 fully saturated rings. The third-order valence-electron chi connectivity index (χ3n) is 3.31. The predicted octanol–water partition coefficient (Wildman–Crippen LogP) is 3.39. The first kappa shape index (κ1) is 15.2. The predicted molar refractivity (Wildman–Crippen MR) is 90.7 cm³/mol. The van der Waals surface area contributed by atoms with Crippen molar-refractivity contribution < 1.29 is 9.53 Å². The Morgan fingerprint density at radius 3 is 2.74 bits per heavy atom. The maximum Gasteiger partial charge on any atom is 0.228 e. The average Bonchev–Trinajstić information content (AvgIpc) is 3.10. The van der Waals surface area contributed by atoms with Gasteiger partial charge < -0.3 is 10.1 Å². The molecule has 0 saturated heterocycles. The van der Waals surface area contributed by atoms with Gasteiger partial charge >= 0.3 is 0 Å². The highest BCUT2D eigenvalue weighted by molar-refractivity contribution is 7.09. The van der Waals surface area contributed by atoms with Crippen LogP contribution in [0.25, 0.3) is 10.4 Å². The van der Waals surface area contributed by atoms with Crippen LogP contribution in [0.15, 0.2) is 54.7 Å². The summed E-state index contributed by atoms with van der Waals surface area (Å²) in [5.41, 5.74) is 2.71. The van der Waals surface area contributed by atoms with Gasteiger partial charge in [0.2, 0.25) is 5.91 Å². The number of carbonyl (C=O) groups excluding carboxylic acids is 1. The molecular weight excluding hydrogens is 310 g/mol. The molecule has 5 nitrogen and oxygen atoms in total. The fourth-order valence-corrected chi connectivity index (χ4v) is 2.70. The molecule has 0 aliphatic carbocycles. The Balaban J connectivity index is 1.63. The summed E-state index contributed by atoms with van der Waals surface area (Å²) in [5.74, 6) is 0.684. The second-order valence-corrected chi connectivity index (χ2v) is 5.72. The minimum Gasteiger partial charge on any atom is -0.497 e. The van der Waals surface area contributed by atoms with Crippen molar-refractivity contribution in [1.29, 1.82) is 0 Å². The lowest BCUT2D eigenvalue weighted by atomic mass is 10.1. The van der Waals surface area contributed by atoms with E-state index in [4.69, 9.17) is 4.74 Å². The standard InChI is InChI=1S/C17H15N3O2S/c1-22-15-4-2-3-12(9-15)10-17(21)19-14-7-5-13(6-8-14)16-11-18-20-23-16/h2-9,11H,10H2,1H3,(H,19,21). The molecule has 3 aromatic rings. The van der Waals surface area contributed by atoms with Crippen LogP contribution in [0.3, 0.4) is 0 Å². The van der Waals surface area contributed by atoms with Gasteiger partial charge in [0.25, 0.3) is 0 Å². The molecule has 0 radical (unpaired) electrons. The molecule has 3 rings (SSSR count). The normalized spacial score (nSPS) is 10.3. The summed E-state index contributed by atoms with van der Waals surface area (Å²) in [6.07, 6.45) is 2.03. The van der Waals surface area contributed by atoms with Crippen LogP contribution in [0.4, 0.5) is 5.69 Å². The van der Waals surface area contributed by atoms with E-state index in [-0.39, 0.29) is 5.91 Å². The highest BCUT2D eigenvalue weighted by Gasteiger charge is 2.06. The van der Waals surface area contributed by atoms with E-state index in [1.807, 2.05) is 48.5 Å². The Morgan fingerprint density at radius 2 is 2.04 bits per heavy atom. The van der Waals surface area contributed by atoms with Crippen molar-refractivity contribution in [1.82, 2.24) is 9.59 Å². The van der Waals surface area contributed by atoms with Crippen LogP contribution in [0, 0.1) is 0 Å². The SMILES string of the molecule is COc1cccc(CC(=O)Nc2ccc(-c3cnns3)cc2)c1. The van der Waals surface area contributed by atoms with E-state index in [1.165, 1.54) is 11.5 Å². The third-order valence-corrected chi connectivity index (χ3v) is 4.03. The maximum absolute atomic E-state index is 12.1. The number of hydrogen-bond donors (Lipinski definition) is 1. The van der Waals surface area contributed by atoms with Gasteiger partial charge in [-0.1, -0.05) is 28.8 Å². The van der Waals surface area contributed by atoms with Crippen molar-refractivity contribution in [3.63, 3.8) is 0 Å². The largest absolute Gasteiger partial charge is 0.497 e. The van der Waals surface area contributed by atoms with Crippen LogP contribution < -0.4 is 10.1 Å². The summed E-state index contributed by atoms with van der Waals surface area (Å²) in [4.78, 5) is 13.1. The van der Waals surface area contributed by atoms with Gasteiger partial charge in [-0.2, -0.15) is 0 Å². The Morgan fingerprint density at radius 1 is 1.22 bits per heavy atom. The second-order valence-electron chi connectivity index (χ2n) is 4.94. The highest BCUT2D eigenvalue weighted by atomic mass is 32.1. The van der Waals surface area contributed by atoms with Crippen LogP contribution in [0.1, 0.15) is 5.56 Å². The molecule has 0 spiro atoms. The van der Waals surface area contributed by atoms with E-state index in [0.29, 0.717) is 6.42 Å². The summed E-state index contributed by atoms with van der Waals surface area (Å²) in [6.45, 7) is 0. The molecule has 0 aliphatic rings. The molecule has 116 valence electrons. The lowest BCUT2D eigenvalue weighted by molar-refractivity contribution is -0.115. The van der Waals surface area contributed by atoms with Gasteiger partial charge in [0.1, 0.15) is 5.75 Å². The lowest BCUT2D eigenvalue weighted by Crippen LogP contribution is -2.14. The smallest absolute Gasteiger partial charge is 0.228 e. The molecule has 0 atom stereocenters. The number of hydrogen-bond acceptors (Lipinski definition) is 5. The Labute approximate surface area is 138 Å². The number of benzene rings is 2. The zero-order chi connectivity index (χ0) is 16.1. The number of amides is 1. The first-order chi connectivity index (χ1) is 11.2. The van der Waals surface area contributed by atoms with Crippen molar-refractivity contribution >= 4 is 23.1 Å². The highest BCUT2D eigenvalue weighted by Crippen LogP contribution is 2.23. The zero-order valence-electron chi connectivity index (χ0n) is 12.5. The van der Waals surface area contributed by atoms with Crippen LogP contribution in [0.5, 0.6) is 5.75 Å². The van der Waals surface area contributed by atoms with Gasteiger partial charge in [0, 0.05) is 5.69 Å². The monoisotopic (exact) mass is 325 g/mol. The number of rotatable bonds is 5. The summed E-state index contributed by atoms with van der Waals surface area (Å²) in [6, 6.07) is 15.1. The molecule has 6 heteroatoms. The third kappa shape index (κ3) is 3.92. The first-order valence-electron chi connectivity index (χ1n) is 7.05. The molecule has 0 bridgehead atoms. The van der Waals surface area contributed by atoms with Crippen LogP contribution in [0.2, 0.25) is 0 Å². The van der Waals surface area contributed by atoms with Crippen molar-refractivity contribution in [2.45, 2.75) is 6.42 Å². The minimum absolute atomic E-state index is 0.0644. The van der Waals surface area contributed by atoms with E-state index < -0.39 is 0 Å². The number of anilines is 1. The fourth-order valence-electron chi connectivity index (χ4n) is 2.19. The molecule has 0 aliphatic heterocycles. The van der Waals surface area contributed by atoms with Gasteiger partial charge in [0.15, 0.2) is 0 Å². The van der Waals surface area contributed by atoms with E-state index in [0.717, 1.165) is 27.4 Å². The van der Waals surface area contributed by atoms with E-state index >= 15 is 0 Å². The maximum atomic E-state index is 12.1. The summed E-state index contributed by atoms with van der Waals surface area (Å²) >= 11 is 1.34. The number of nitrogens with one attached hydrogen (secondary N) is 1. The fraction of sp³-hybridized carbons (Fsp3) is 0.118. The van der Waals surface area contributed by atoms with Gasteiger partial charge in [-0.15, -0.1) is 5.10 Å². The van der Waals surface area contributed by atoms with Crippen LogP contribution >= 0.6 is 11.5 Å². The molecule has 1 aromatic heterocycles. The summed E-state index contributed by atoms with van der Waals surface area (Å²) in [7, 11) is 1.61. The van der Waals surface area contributed by atoms with Crippen molar-refractivity contribution in [2.75, 3.05) is 12.4 Å². The van der Waals surface area contributed by atoms with Gasteiger partial charge in [-0.3, -0.25) is 4.79 Å². The molecule has 1 amide bonds. The van der Waals surface area contributed by atoms with Crippen LogP contribution in [-0.4, -0.2) is 22.6 Å². The Kier molecular flexibility index (Phi) is 4.63. The minimum atomic E-state index is -0.0644. The average molecular weight is 325 g/mol. The van der Waals surface area contributed by atoms with Crippen molar-refractivity contribution in [3.8, 4) is 16.2 Å². The molecule has 1 N–H and O–H groups in total. The number of carbonyl (C=O) groups is 1. The molecule has 2 aromatic carbocycles. The van der Waals surface area contributed by atoms with Crippen LogP contribution in [-0.2, 0) is 11.2 Å². The number of methoxy groups -OCH3 is 1. The topological polar surface area (TPSA) is 64.1 Å². The Hall–Kier alpha value is -2.73. The van der Waals surface area contributed by atoms with Crippen molar-refractivity contribution in [3.05, 3.63) is 60.3 Å². The van der Waals surface area contributed by atoms with E-state index in [9.17, 15) is 4.79 Å². The molecule has 0 saturated carbocycles. The summed E-state index contributed by atoms with van der Waals surface area (Å²) < 4.78 is 9.00. The van der Waals surface area contributed by atoms with Crippen molar-refractivity contribution in [2.24, 2.45) is 0 Å². The van der Waals surface area contributed by atoms with Gasteiger partial charge in [-0.25, -0.2) is 0 Å². The number of aromatic nitrogens is 2. The first-order valence-corrected chi connectivity index (χ1v) is 7.82. The summed E-state index contributed by atoms with van der Waals surface area (Å²) in [5, 5.41) is 6.71. The number of ether oxygens (including phenoxy) is 1. The second kappa shape index (κ2) is 7.02. The van der Waals surface area contributed by atoms with Gasteiger partial charge in [-0.05, 0) is 46.9 Å². The molecule has 0 unspecified atom stereocenters. The Bertz CT molecular complexity index is 786. The molecule has 1 heterocycles. The molecule has 23 heavy (non-hydrogen) atoms. The lowest BCUT2D eigenvalue weighted by Gasteiger charge is -2.07.